The van der Waals surface area contributed by atoms with Gasteiger partial charge in [-0.25, -0.2) is 0 Å². The molecule has 13 heavy (non-hydrogen) atoms. The van der Waals surface area contributed by atoms with Crippen molar-refractivity contribution in [3.63, 3.8) is 0 Å². The Morgan fingerprint density at radius 1 is 1.46 bits per heavy atom. The molecule has 1 N–H and O–H groups in total. The third kappa shape index (κ3) is 1.47. The maximum Gasteiger partial charge on any atom is 0.167 e. The van der Waals surface area contributed by atoms with Crippen molar-refractivity contribution in [2.24, 2.45) is 5.92 Å². The zero-order valence-corrected chi connectivity index (χ0v) is 6.87. The summed E-state index contributed by atoms with van der Waals surface area (Å²) in [6.07, 6.45) is 3.27. The highest BCUT2D eigenvalue weighted by molar-refractivity contribution is 6.00. The maximum atomic E-state index is 11.4. The van der Waals surface area contributed by atoms with Crippen LogP contribution in [-0.4, -0.2) is 16.7 Å². The molecule has 0 saturated heterocycles. The molecule has 0 spiro atoms. The molecule has 0 bridgehead atoms. The number of aromatic nitrogens is 1. The number of aromatic carboxylic acids is 1. The van der Waals surface area contributed by atoms with Gasteiger partial charge in [-0.05, 0) is 18.9 Å². The van der Waals surface area contributed by atoms with E-state index in [2.05, 4.69) is 4.98 Å². The summed E-state index contributed by atoms with van der Waals surface area (Å²) in [5.74, 6) is -1.14. The molecule has 1 aliphatic carbocycles. The summed E-state index contributed by atoms with van der Waals surface area (Å²) in [5, 5.41) is 10.4. The van der Waals surface area contributed by atoms with Gasteiger partial charge in [0.1, 0.15) is 0 Å². The summed E-state index contributed by atoms with van der Waals surface area (Å²) in [7, 11) is 0. The molecule has 68 valence electrons. The number of hydrogen-bond donors (Lipinski definition) is 1. The molecule has 1 saturated carbocycles. The first-order valence-electron chi connectivity index (χ1n) is 4.12. The number of hydrogen-bond acceptors (Lipinski definition) is 3. The van der Waals surface area contributed by atoms with Crippen LogP contribution in [0.5, 0.6) is 0 Å². The highest BCUT2D eigenvalue weighted by Gasteiger charge is 2.30. The molecule has 0 radical (unpaired) electrons. The van der Waals surface area contributed by atoms with Gasteiger partial charge in [-0.1, -0.05) is 0 Å². The molecule has 2 rings (SSSR count). The van der Waals surface area contributed by atoms with Gasteiger partial charge < -0.3 is 14.9 Å². The first-order chi connectivity index (χ1) is 6.18. The standard InChI is InChI=1S/C9H9NO3/c11-8(5-1-2-5)6-3-7(9(12)13)10-4-6/h3-5,10H,1-2H2,(H,12,13)/p-1. The van der Waals surface area contributed by atoms with E-state index in [-0.39, 0.29) is 17.4 Å². The SMILES string of the molecule is O=C([O-])c1cc(C(=O)C2CC2)c[nH]1. The van der Waals surface area contributed by atoms with E-state index in [0.717, 1.165) is 12.8 Å². The summed E-state index contributed by atoms with van der Waals surface area (Å²) in [6.45, 7) is 0. The van der Waals surface area contributed by atoms with Gasteiger partial charge in [0, 0.05) is 17.7 Å². The van der Waals surface area contributed by atoms with Crippen molar-refractivity contribution < 1.29 is 14.7 Å². The van der Waals surface area contributed by atoms with E-state index >= 15 is 0 Å². The smallest absolute Gasteiger partial charge is 0.167 e. The van der Waals surface area contributed by atoms with E-state index in [4.69, 9.17) is 0 Å². The Morgan fingerprint density at radius 2 is 2.15 bits per heavy atom. The van der Waals surface area contributed by atoms with E-state index in [1.807, 2.05) is 0 Å². The van der Waals surface area contributed by atoms with Crippen LogP contribution in [0.4, 0.5) is 0 Å². The van der Waals surface area contributed by atoms with Crippen LogP contribution in [0.15, 0.2) is 12.3 Å². The van der Waals surface area contributed by atoms with Gasteiger partial charge >= 0.3 is 0 Å². The largest absolute Gasteiger partial charge is 0.543 e. The zero-order valence-electron chi connectivity index (χ0n) is 6.87. The lowest BCUT2D eigenvalue weighted by Crippen LogP contribution is -2.22. The second-order valence-corrected chi connectivity index (χ2v) is 3.23. The van der Waals surface area contributed by atoms with Gasteiger partial charge in [0.05, 0.1) is 11.7 Å². The first-order valence-corrected chi connectivity index (χ1v) is 4.12. The highest BCUT2D eigenvalue weighted by atomic mass is 16.4. The van der Waals surface area contributed by atoms with Crippen molar-refractivity contribution in [1.29, 1.82) is 0 Å². The molecule has 1 aromatic heterocycles. The third-order valence-corrected chi connectivity index (χ3v) is 2.14. The number of carboxylic acids is 1. The number of aromatic amines is 1. The lowest BCUT2D eigenvalue weighted by molar-refractivity contribution is -0.255. The summed E-state index contributed by atoms with van der Waals surface area (Å²) in [6, 6.07) is 1.33. The molecule has 0 aliphatic heterocycles. The average molecular weight is 178 g/mol. The van der Waals surface area contributed by atoms with Crippen LogP contribution >= 0.6 is 0 Å². The second-order valence-electron chi connectivity index (χ2n) is 3.23. The number of nitrogens with one attached hydrogen (secondary N) is 1. The van der Waals surface area contributed by atoms with Crippen molar-refractivity contribution in [1.82, 2.24) is 4.98 Å². The van der Waals surface area contributed by atoms with Crippen LogP contribution in [0, 0.1) is 5.92 Å². The molecule has 1 fully saturated rings. The normalized spacial score (nSPS) is 15.7. The number of carbonyl (C=O) groups excluding carboxylic acids is 2. The molecular formula is C9H8NO3-. The number of rotatable bonds is 3. The Labute approximate surface area is 74.6 Å². The third-order valence-electron chi connectivity index (χ3n) is 2.14. The molecule has 0 unspecified atom stereocenters. The average Bonchev–Trinajstić information content (AvgIpc) is 2.81. The first kappa shape index (κ1) is 8.04. The topological polar surface area (TPSA) is 73.0 Å². The molecule has 0 aromatic carbocycles. The van der Waals surface area contributed by atoms with E-state index in [1.54, 1.807) is 0 Å². The number of ketones is 1. The summed E-state index contributed by atoms with van der Waals surface area (Å²) >= 11 is 0. The van der Waals surface area contributed by atoms with Gasteiger partial charge in [-0.2, -0.15) is 0 Å². The Balaban J connectivity index is 2.21. The Hall–Kier alpha value is -1.58. The fourth-order valence-electron chi connectivity index (χ4n) is 1.24. The van der Waals surface area contributed by atoms with Crippen molar-refractivity contribution in [2.75, 3.05) is 0 Å². The van der Waals surface area contributed by atoms with Crippen LogP contribution in [0.25, 0.3) is 0 Å². The van der Waals surface area contributed by atoms with E-state index in [1.165, 1.54) is 12.3 Å². The predicted molar refractivity (Wildman–Crippen MR) is 42.2 cm³/mol. The highest BCUT2D eigenvalue weighted by Crippen LogP contribution is 2.32. The quantitative estimate of drug-likeness (QED) is 0.660. The van der Waals surface area contributed by atoms with Crippen molar-refractivity contribution in [2.45, 2.75) is 12.8 Å². The van der Waals surface area contributed by atoms with Gasteiger partial charge in [-0.15, -0.1) is 0 Å². The Bertz CT molecular complexity index is 363. The number of H-pyrrole nitrogens is 1. The van der Waals surface area contributed by atoms with E-state index in [0.29, 0.717) is 5.56 Å². The Kier molecular flexibility index (Phi) is 1.69. The van der Waals surface area contributed by atoms with Gasteiger partial charge in [0.25, 0.3) is 0 Å². The lowest BCUT2D eigenvalue weighted by Gasteiger charge is -1.94. The van der Waals surface area contributed by atoms with Crippen molar-refractivity contribution in [3.05, 3.63) is 23.5 Å². The Morgan fingerprint density at radius 3 is 2.62 bits per heavy atom. The van der Waals surface area contributed by atoms with E-state index in [9.17, 15) is 14.7 Å². The molecular weight excluding hydrogens is 170 g/mol. The van der Waals surface area contributed by atoms with Gasteiger partial charge in [-0.3, -0.25) is 4.79 Å². The second kappa shape index (κ2) is 2.73. The van der Waals surface area contributed by atoms with E-state index < -0.39 is 5.97 Å². The monoisotopic (exact) mass is 178 g/mol. The maximum absolute atomic E-state index is 11.4. The summed E-state index contributed by atoms with van der Waals surface area (Å²) in [5.41, 5.74) is 0.408. The molecule has 0 atom stereocenters. The molecule has 1 aromatic rings. The minimum absolute atomic E-state index is 0.0313. The van der Waals surface area contributed by atoms with Gasteiger partial charge in [0.2, 0.25) is 0 Å². The molecule has 1 aliphatic rings. The van der Waals surface area contributed by atoms with Crippen LogP contribution in [0.3, 0.4) is 0 Å². The number of carbonyl (C=O) groups is 2. The van der Waals surface area contributed by atoms with Crippen molar-refractivity contribution >= 4 is 11.8 Å². The summed E-state index contributed by atoms with van der Waals surface area (Å²) < 4.78 is 0. The van der Waals surface area contributed by atoms with Crippen LogP contribution in [0.2, 0.25) is 0 Å². The molecule has 4 heteroatoms. The summed E-state index contributed by atoms with van der Waals surface area (Å²) in [4.78, 5) is 24.3. The van der Waals surface area contributed by atoms with Crippen molar-refractivity contribution in [3.8, 4) is 0 Å². The van der Waals surface area contributed by atoms with Gasteiger partial charge in [0.15, 0.2) is 5.78 Å². The van der Waals surface area contributed by atoms with Crippen LogP contribution in [0.1, 0.15) is 33.7 Å². The zero-order chi connectivity index (χ0) is 9.42. The molecule has 4 nitrogen and oxygen atoms in total. The number of carboxylic acid groups (broad SMARTS) is 1. The molecule has 0 amide bonds. The minimum atomic E-state index is -1.28. The van der Waals surface area contributed by atoms with Crippen LogP contribution in [-0.2, 0) is 0 Å². The number of Topliss-reactive ketones (excluding diaryl/α,β-unsaturated/α-hetero) is 1. The van der Waals surface area contributed by atoms with Crippen LogP contribution < -0.4 is 5.11 Å². The lowest BCUT2D eigenvalue weighted by atomic mass is 10.1. The molecule has 1 heterocycles. The fraction of sp³-hybridized carbons (Fsp3) is 0.333. The minimum Gasteiger partial charge on any atom is -0.543 e. The fourth-order valence-corrected chi connectivity index (χ4v) is 1.24. The predicted octanol–water partition coefficient (Wildman–Crippen LogP) is -0.0291.